The minimum absolute atomic E-state index is 0.102. The minimum atomic E-state index is -0.498. The molecule has 1 N–H and O–H groups in total. The fourth-order valence-electron chi connectivity index (χ4n) is 2.88. The zero-order valence-electron chi connectivity index (χ0n) is 15.6. The number of fused-ring (bicyclic) bond motifs is 1. The van der Waals surface area contributed by atoms with E-state index in [1.807, 2.05) is 49.4 Å². The van der Waals surface area contributed by atoms with Crippen LogP contribution in [0.5, 0.6) is 5.75 Å². The molecule has 0 radical (unpaired) electrons. The molecule has 3 aromatic rings. The van der Waals surface area contributed by atoms with Crippen molar-refractivity contribution in [2.24, 2.45) is 0 Å². The van der Waals surface area contributed by atoms with E-state index < -0.39 is 6.04 Å². The van der Waals surface area contributed by atoms with Crippen molar-refractivity contribution in [3.63, 3.8) is 0 Å². The predicted octanol–water partition coefficient (Wildman–Crippen LogP) is 4.12. The van der Waals surface area contributed by atoms with Crippen LogP contribution in [0.2, 0.25) is 0 Å². The summed E-state index contributed by atoms with van der Waals surface area (Å²) in [6, 6.07) is 14.7. The summed E-state index contributed by atoms with van der Waals surface area (Å²) in [4.78, 5) is 25.3. The summed E-state index contributed by atoms with van der Waals surface area (Å²) in [6.07, 6.45) is 1.52. The first-order valence-corrected chi connectivity index (χ1v) is 10.0. The summed E-state index contributed by atoms with van der Waals surface area (Å²) in [5.41, 5.74) is 0.890. The Labute approximate surface area is 162 Å². The van der Waals surface area contributed by atoms with Gasteiger partial charge in [-0.25, -0.2) is 0 Å². The Kier molecular flexibility index (Phi) is 6.29. The van der Waals surface area contributed by atoms with E-state index in [1.54, 1.807) is 10.0 Å². The molecule has 27 heavy (non-hydrogen) atoms. The maximum atomic E-state index is 12.7. The van der Waals surface area contributed by atoms with E-state index in [4.69, 9.17) is 4.74 Å². The lowest BCUT2D eigenvalue weighted by molar-refractivity contribution is -0.124. The van der Waals surface area contributed by atoms with Crippen LogP contribution in [0.25, 0.3) is 10.1 Å². The summed E-state index contributed by atoms with van der Waals surface area (Å²) < 4.78 is 8.05. The molecule has 0 aliphatic rings. The quantitative estimate of drug-likeness (QED) is 0.635. The molecule has 5 nitrogen and oxygen atoms in total. The first-order chi connectivity index (χ1) is 13.1. The van der Waals surface area contributed by atoms with Crippen LogP contribution in [0.4, 0.5) is 0 Å². The largest absolute Gasteiger partial charge is 0.494 e. The Hall–Kier alpha value is -2.60. The number of nitrogens with one attached hydrogen (secondary N) is 1. The third-order valence-corrected chi connectivity index (χ3v) is 5.52. The van der Waals surface area contributed by atoms with Crippen molar-refractivity contribution in [3.8, 4) is 5.75 Å². The van der Waals surface area contributed by atoms with E-state index in [1.165, 1.54) is 11.5 Å². The second-order valence-electron chi connectivity index (χ2n) is 6.35. The third kappa shape index (κ3) is 4.39. The van der Waals surface area contributed by atoms with E-state index >= 15 is 0 Å². The van der Waals surface area contributed by atoms with Crippen LogP contribution in [0, 0.1) is 0 Å². The van der Waals surface area contributed by atoms with Gasteiger partial charge in [0.1, 0.15) is 11.8 Å². The molecular weight excluding hydrogens is 360 g/mol. The van der Waals surface area contributed by atoms with E-state index in [0.29, 0.717) is 25.0 Å². The van der Waals surface area contributed by atoms with Gasteiger partial charge in [-0.05, 0) is 42.7 Å². The second-order valence-corrected chi connectivity index (χ2v) is 7.37. The van der Waals surface area contributed by atoms with Gasteiger partial charge in [-0.2, -0.15) is 0 Å². The number of ether oxygens (including phenoxy) is 1. The highest BCUT2D eigenvalue weighted by Gasteiger charge is 2.22. The number of carbonyl (C=O) groups is 1. The minimum Gasteiger partial charge on any atom is -0.494 e. The molecule has 1 aromatic heterocycles. The number of nitrogens with zero attached hydrogens (tertiary/aromatic N) is 1. The van der Waals surface area contributed by atoms with Crippen LogP contribution >= 0.6 is 11.5 Å². The molecule has 0 fully saturated rings. The van der Waals surface area contributed by atoms with Crippen LogP contribution in [-0.2, 0) is 11.3 Å². The van der Waals surface area contributed by atoms with Crippen LogP contribution in [0.1, 0.15) is 38.3 Å². The standard InChI is InChI=1S/C21H24N2O3S/c1-3-13-26-16-11-9-15(10-12-16)14-22-20(24)18(4-2)23-21(25)17-7-5-6-8-19(17)27-23/h5-12,18H,3-4,13-14H2,1-2H3,(H,22,24). The Bertz CT molecular complexity index is 959. The maximum Gasteiger partial charge on any atom is 0.269 e. The molecule has 0 saturated carbocycles. The van der Waals surface area contributed by atoms with Crippen molar-refractivity contribution in [1.82, 2.24) is 9.27 Å². The normalized spacial score (nSPS) is 12.1. The third-order valence-electron chi connectivity index (χ3n) is 4.35. The van der Waals surface area contributed by atoms with E-state index in [2.05, 4.69) is 12.2 Å². The van der Waals surface area contributed by atoms with Gasteiger partial charge in [0.2, 0.25) is 5.91 Å². The van der Waals surface area contributed by atoms with Crippen molar-refractivity contribution in [1.29, 1.82) is 0 Å². The van der Waals surface area contributed by atoms with E-state index in [9.17, 15) is 9.59 Å². The van der Waals surface area contributed by atoms with Gasteiger partial charge in [-0.15, -0.1) is 0 Å². The number of hydrogen-bond acceptors (Lipinski definition) is 4. The Balaban J connectivity index is 1.68. The van der Waals surface area contributed by atoms with Gasteiger partial charge < -0.3 is 10.1 Å². The molecule has 1 unspecified atom stereocenters. The van der Waals surface area contributed by atoms with Gasteiger partial charge in [-0.3, -0.25) is 13.5 Å². The molecule has 0 aliphatic heterocycles. The molecule has 2 aromatic carbocycles. The summed E-state index contributed by atoms with van der Waals surface area (Å²) in [5, 5.41) is 3.61. The van der Waals surface area contributed by atoms with Gasteiger partial charge in [0.05, 0.1) is 16.7 Å². The summed E-state index contributed by atoms with van der Waals surface area (Å²) in [6.45, 7) is 5.10. The highest BCUT2D eigenvalue weighted by molar-refractivity contribution is 7.14. The van der Waals surface area contributed by atoms with Gasteiger partial charge in [-0.1, -0.05) is 49.6 Å². The number of aromatic nitrogens is 1. The molecule has 0 spiro atoms. The van der Waals surface area contributed by atoms with Crippen molar-refractivity contribution in [2.45, 2.75) is 39.3 Å². The molecule has 142 valence electrons. The van der Waals surface area contributed by atoms with E-state index in [-0.39, 0.29) is 11.5 Å². The van der Waals surface area contributed by atoms with Crippen molar-refractivity contribution >= 4 is 27.5 Å². The lowest BCUT2D eigenvalue weighted by Gasteiger charge is -2.15. The average molecular weight is 385 g/mol. The summed E-state index contributed by atoms with van der Waals surface area (Å²) in [5.74, 6) is 0.688. The molecular formula is C21H24N2O3S. The Morgan fingerprint density at radius 3 is 2.56 bits per heavy atom. The van der Waals surface area contributed by atoms with Gasteiger partial charge in [0.15, 0.2) is 0 Å². The molecule has 1 atom stereocenters. The summed E-state index contributed by atoms with van der Waals surface area (Å²) >= 11 is 1.34. The first kappa shape index (κ1) is 19.2. The number of rotatable bonds is 8. The average Bonchev–Trinajstić information content (AvgIpc) is 3.03. The van der Waals surface area contributed by atoms with Crippen LogP contribution in [0.3, 0.4) is 0 Å². The molecule has 3 rings (SSSR count). The van der Waals surface area contributed by atoms with Gasteiger partial charge >= 0.3 is 0 Å². The van der Waals surface area contributed by atoms with Crippen LogP contribution < -0.4 is 15.6 Å². The molecule has 1 heterocycles. The topological polar surface area (TPSA) is 60.3 Å². The first-order valence-electron chi connectivity index (χ1n) is 9.24. The van der Waals surface area contributed by atoms with Crippen LogP contribution in [-0.4, -0.2) is 16.5 Å². The molecule has 1 amide bonds. The second kappa shape index (κ2) is 8.86. The van der Waals surface area contributed by atoms with Gasteiger partial charge in [0, 0.05) is 6.54 Å². The van der Waals surface area contributed by atoms with Crippen molar-refractivity contribution in [2.75, 3.05) is 6.61 Å². The molecule has 0 aliphatic carbocycles. The zero-order chi connectivity index (χ0) is 19.2. The highest BCUT2D eigenvalue weighted by atomic mass is 32.1. The predicted molar refractivity (Wildman–Crippen MR) is 109 cm³/mol. The smallest absolute Gasteiger partial charge is 0.269 e. The van der Waals surface area contributed by atoms with Crippen LogP contribution in [0.15, 0.2) is 53.3 Å². The molecule has 0 saturated heterocycles. The monoisotopic (exact) mass is 384 g/mol. The lowest BCUT2D eigenvalue weighted by Crippen LogP contribution is -2.34. The van der Waals surface area contributed by atoms with E-state index in [0.717, 1.165) is 22.4 Å². The Morgan fingerprint density at radius 2 is 1.89 bits per heavy atom. The fraction of sp³-hybridized carbons (Fsp3) is 0.333. The SMILES string of the molecule is CCCOc1ccc(CNC(=O)C(CC)n2sc3ccccc3c2=O)cc1. The highest BCUT2D eigenvalue weighted by Crippen LogP contribution is 2.21. The van der Waals surface area contributed by atoms with Crippen molar-refractivity contribution in [3.05, 3.63) is 64.4 Å². The Morgan fingerprint density at radius 1 is 1.15 bits per heavy atom. The number of carbonyl (C=O) groups excluding carboxylic acids is 1. The zero-order valence-corrected chi connectivity index (χ0v) is 16.4. The molecule has 6 heteroatoms. The number of amides is 1. The number of benzene rings is 2. The molecule has 0 bridgehead atoms. The maximum absolute atomic E-state index is 12.7. The van der Waals surface area contributed by atoms with Crippen molar-refractivity contribution < 1.29 is 9.53 Å². The van der Waals surface area contributed by atoms with Gasteiger partial charge in [0.25, 0.3) is 5.56 Å². The summed E-state index contributed by atoms with van der Waals surface area (Å²) in [7, 11) is 0. The lowest BCUT2D eigenvalue weighted by atomic mass is 10.2. The fourth-order valence-corrected chi connectivity index (χ4v) is 4.04. The number of hydrogen-bond donors (Lipinski definition) is 1.